The number of benzene rings is 1. The minimum Gasteiger partial charge on any atom is -0.392 e. The molecule has 0 heterocycles. The summed E-state index contributed by atoms with van der Waals surface area (Å²) in [5.74, 6) is 0. The first-order valence-electron chi connectivity index (χ1n) is 5.60. The summed E-state index contributed by atoms with van der Waals surface area (Å²) < 4.78 is 38.9. The molecule has 0 saturated heterocycles. The number of alkyl halides is 3. The van der Waals surface area contributed by atoms with Crippen molar-refractivity contribution in [1.29, 1.82) is 0 Å². The fraction of sp³-hybridized carbons (Fsp3) is 0.385. The van der Waals surface area contributed by atoms with Gasteiger partial charge in [0.05, 0.1) is 12.2 Å². The third-order valence-electron chi connectivity index (χ3n) is 2.62. The molecule has 100 valence electrons. The van der Waals surface area contributed by atoms with Crippen molar-refractivity contribution in [3.05, 3.63) is 42.0 Å². The molecule has 0 spiro atoms. The standard InChI is InChI=1S/C13H16F3NO/c1-3-7-17(4-2)12-6-5-10(9-18)8-11(12)13(14,15)16/h3,5-6,8,18H,1,4,7,9H2,2H3. The van der Waals surface area contributed by atoms with Gasteiger partial charge in [0.2, 0.25) is 0 Å². The Morgan fingerprint density at radius 2 is 2.06 bits per heavy atom. The number of likely N-dealkylation sites (N-methyl/N-ethyl adjacent to an activating group) is 1. The topological polar surface area (TPSA) is 23.5 Å². The normalized spacial score (nSPS) is 11.4. The molecule has 18 heavy (non-hydrogen) atoms. The third-order valence-corrected chi connectivity index (χ3v) is 2.62. The molecule has 1 rings (SSSR count). The second kappa shape index (κ2) is 5.91. The van der Waals surface area contributed by atoms with Gasteiger partial charge in [0.1, 0.15) is 0 Å². The average molecular weight is 259 g/mol. The van der Waals surface area contributed by atoms with Crippen LogP contribution in [0.3, 0.4) is 0 Å². The monoisotopic (exact) mass is 259 g/mol. The Bertz CT molecular complexity index is 415. The van der Waals surface area contributed by atoms with Crippen molar-refractivity contribution in [2.45, 2.75) is 19.7 Å². The van der Waals surface area contributed by atoms with E-state index in [2.05, 4.69) is 6.58 Å². The van der Waals surface area contributed by atoms with Gasteiger partial charge in [0.25, 0.3) is 0 Å². The zero-order valence-electron chi connectivity index (χ0n) is 10.2. The first-order chi connectivity index (χ1) is 8.43. The number of nitrogens with zero attached hydrogens (tertiary/aromatic N) is 1. The van der Waals surface area contributed by atoms with E-state index in [1.54, 1.807) is 17.9 Å². The predicted molar refractivity (Wildman–Crippen MR) is 65.5 cm³/mol. The first-order valence-corrected chi connectivity index (χ1v) is 5.60. The van der Waals surface area contributed by atoms with Crippen molar-refractivity contribution in [3.8, 4) is 0 Å². The predicted octanol–water partition coefficient (Wildman–Crippen LogP) is 3.21. The maximum atomic E-state index is 13.0. The number of hydrogen-bond acceptors (Lipinski definition) is 2. The van der Waals surface area contributed by atoms with Crippen LogP contribution >= 0.6 is 0 Å². The molecule has 5 heteroatoms. The third kappa shape index (κ3) is 3.26. The lowest BCUT2D eigenvalue weighted by atomic mass is 10.1. The van der Waals surface area contributed by atoms with E-state index >= 15 is 0 Å². The number of rotatable bonds is 5. The molecule has 0 aliphatic heterocycles. The Labute approximate surface area is 104 Å². The summed E-state index contributed by atoms with van der Waals surface area (Å²) in [5.41, 5.74) is -0.361. The highest BCUT2D eigenvalue weighted by atomic mass is 19.4. The van der Waals surface area contributed by atoms with Gasteiger partial charge in [-0.1, -0.05) is 12.1 Å². The summed E-state index contributed by atoms with van der Waals surface area (Å²) in [6, 6.07) is 3.87. The van der Waals surface area contributed by atoms with Gasteiger partial charge in [-0.25, -0.2) is 0 Å². The minimum absolute atomic E-state index is 0.113. The molecule has 0 saturated carbocycles. The number of anilines is 1. The van der Waals surface area contributed by atoms with Crippen molar-refractivity contribution in [2.75, 3.05) is 18.0 Å². The highest BCUT2D eigenvalue weighted by Gasteiger charge is 2.34. The minimum atomic E-state index is -4.44. The van der Waals surface area contributed by atoms with E-state index in [1.807, 2.05) is 0 Å². The van der Waals surface area contributed by atoms with Crippen molar-refractivity contribution in [2.24, 2.45) is 0 Å². The van der Waals surface area contributed by atoms with Gasteiger partial charge in [0, 0.05) is 18.8 Å². The quantitative estimate of drug-likeness (QED) is 0.821. The molecule has 0 fully saturated rings. The van der Waals surface area contributed by atoms with Gasteiger partial charge in [0.15, 0.2) is 0 Å². The van der Waals surface area contributed by atoms with Crippen LogP contribution in [0.4, 0.5) is 18.9 Å². The van der Waals surface area contributed by atoms with Gasteiger partial charge < -0.3 is 10.0 Å². The Hall–Kier alpha value is -1.49. The maximum Gasteiger partial charge on any atom is 0.418 e. The molecule has 2 nitrogen and oxygen atoms in total. The summed E-state index contributed by atoms with van der Waals surface area (Å²) >= 11 is 0. The van der Waals surface area contributed by atoms with E-state index in [1.165, 1.54) is 12.1 Å². The SMILES string of the molecule is C=CCN(CC)c1ccc(CO)cc1C(F)(F)F. The summed E-state index contributed by atoms with van der Waals surface area (Å²) in [4.78, 5) is 1.58. The van der Waals surface area contributed by atoms with E-state index in [0.717, 1.165) is 6.07 Å². The molecule has 0 bridgehead atoms. The molecule has 1 aromatic rings. The van der Waals surface area contributed by atoms with Crippen LogP contribution in [-0.4, -0.2) is 18.2 Å². The molecule has 0 atom stereocenters. The molecule has 0 aliphatic carbocycles. The van der Waals surface area contributed by atoms with Gasteiger partial charge in [-0.05, 0) is 24.6 Å². The van der Waals surface area contributed by atoms with Crippen LogP contribution in [-0.2, 0) is 12.8 Å². The second-order valence-corrected chi connectivity index (χ2v) is 3.83. The molecule has 0 aliphatic rings. The van der Waals surface area contributed by atoms with Crippen LogP contribution < -0.4 is 4.90 Å². The molecule has 0 amide bonds. The molecular weight excluding hydrogens is 243 g/mol. The molecule has 0 aromatic heterocycles. The van der Waals surface area contributed by atoms with Crippen LogP contribution in [0.25, 0.3) is 0 Å². The van der Waals surface area contributed by atoms with Gasteiger partial charge >= 0.3 is 6.18 Å². The zero-order chi connectivity index (χ0) is 13.8. The Balaban J connectivity index is 3.29. The van der Waals surface area contributed by atoms with Gasteiger partial charge in [-0.15, -0.1) is 6.58 Å². The van der Waals surface area contributed by atoms with Crippen LogP contribution in [0.5, 0.6) is 0 Å². The summed E-state index contributed by atoms with van der Waals surface area (Å²) in [7, 11) is 0. The van der Waals surface area contributed by atoms with E-state index in [0.29, 0.717) is 13.1 Å². The van der Waals surface area contributed by atoms with E-state index in [9.17, 15) is 13.2 Å². The van der Waals surface area contributed by atoms with Gasteiger partial charge in [-0.2, -0.15) is 13.2 Å². The Morgan fingerprint density at radius 3 is 2.50 bits per heavy atom. The van der Waals surface area contributed by atoms with E-state index in [-0.39, 0.29) is 11.3 Å². The van der Waals surface area contributed by atoms with Crippen molar-refractivity contribution < 1.29 is 18.3 Å². The van der Waals surface area contributed by atoms with E-state index < -0.39 is 18.3 Å². The summed E-state index contributed by atoms with van der Waals surface area (Å²) in [6.45, 7) is 5.71. The molecule has 0 unspecified atom stereocenters. The number of hydrogen-bond donors (Lipinski definition) is 1. The van der Waals surface area contributed by atoms with Crippen molar-refractivity contribution in [1.82, 2.24) is 0 Å². The maximum absolute atomic E-state index is 13.0. The van der Waals surface area contributed by atoms with Crippen LogP contribution in [0.1, 0.15) is 18.1 Å². The smallest absolute Gasteiger partial charge is 0.392 e. The largest absolute Gasteiger partial charge is 0.418 e. The average Bonchev–Trinajstić information content (AvgIpc) is 2.34. The van der Waals surface area contributed by atoms with Crippen LogP contribution in [0, 0.1) is 0 Å². The number of aliphatic hydroxyl groups excluding tert-OH is 1. The fourth-order valence-corrected chi connectivity index (χ4v) is 1.74. The molecule has 1 aromatic carbocycles. The van der Waals surface area contributed by atoms with Crippen LogP contribution in [0.15, 0.2) is 30.9 Å². The Morgan fingerprint density at radius 1 is 1.39 bits per heavy atom. The lowest BCUT2D eigenvalue weighted by molar-refractivity contribution is -0.137. The summed E-state index contributed by atoms with van der Waals surface area (Å²) in [6.07, 6.45) is -2.88. The van der Waals surface area contributed by atoms with Crippen molar-refractivity contribution >= 4 is 5.69 Å². The van der Waals surface area contributed by atoms with Crippen molar-refractivity contribution in [3.63, 3.8) is 0 Å². The highest BCUT2D eigenvalue weighted by Crippen LogP contribution is 2.37. The van der Waals surface area contributed by atoms with Crippen LogP contribution in [0.2, 0.25) is 0 Å². The highest BCUT2D eigenvalue weighted by molar-refractivity contribution is 5.56. The fourth-order valence-electron chi connectivity index (χ4n) is 1.74. The Kier molecular flexibility index (Phi) is 4.78. The number of aliphatic hydroxyl groups is 1. The second-order valence-electron chi connectivity index (χ2n) is 3.83. The summed E-state index contributed by atoms with van der Waals surface area (Å²) in [5, 5.41) is 8.92. The molecular formula is C13H16F3NO. The zero-order valence-corrected chi connectivity index (χ0v) is 10.2. The number of halogens is 3. The molecule has 1 N–H and O–H groups in total. The lowest BCUT2D eigenvalue weighted by Crippen LogP contribution is -2.25. The van der Waals surface area contributed by atoms with E-state index in [4.69, 9.17) is 5.11 Å². The first kappa shape index (κ1) is 14.6. The lowest BCUT2D eigenvalue weighted by Gasteiger charge is -2.25. The molecule has 0 radical (unpaired) electrons. The van der Waals surface area contributed by atoms with Gasteiger partial charge in [-0.3, -0.25) is 0 Å².